The number of rotatable bonds is 1. The van der Waals surface area contributed by atoms with Crippen LogP contribution < -0.4 is 10.6 Å². The smallest absolute Gasteiger partial charge is 0.0745 e. The Balaban J connectivity index is 1.83. The second-order valence-electron chi connectivity index (χ2n) is 6.53. The van der Waals surface area contributed by atoms with Gasteiger partial charge in [-0.3, -0.25) is 4.98 Å². The van der Waals surface area contributed by atoms with Gasteiger partial charge in [0.1, 0.15) is 0 Å². The average molecular weight is 281 g/mol. The van der Waals surface area contributed by atoms with Crippen molar-refractivity contribution in [3.63, 3.8) is 0 Å². The van der Waals surface area contributed by atoms with Crippen LogP contribution in [0.15, 0.2) is 30.5 Å². The van der Waals surface area contributed by atoms with Gasteiger partial charge in [-0.05, 0) is 37.7 Å². The number of fused-ring (bicyclic) bond motifs is 2. The summed E-state index contributed by atoms with van der Waals surface area (Å²) in [6.07, 6.45) is 10.00. The van der Waals surface area contributed by atoms with E-state index in [4.69, 9.17) is 5.73 Å². The minimum Gasteiger partial charge on any atom is -0.396 e. The highest BCUT2D eigenvalue weighted by Gasteiger charge is 2.34. The van der Waals surface area contributed by atoms with Gasteiger partial charge in [0.15, 0.2) is 0 Å². The van der Waals surface area contributed by atoms with Gasteiger partial charge in [0.2, 0.25) is 0 Å². The number of benzene rings is 1. The standard InChI is InChI=1S/C18H23N3/c19-15-12-20-16-9-3-2-8-14(16)18(15)21-11-5-7-13-6-1-4-10-17(13)21/h2-3,8-9,12-13,17H,1,4-7,10-11,19H2. The lowest BCUT2D eigenvalue weighted by Crippen LogP contribution is -2.47. The lowest BCUT2D eigenvalue weighted by atomic mass is 9.78. The Bertz CT molecular complexity index is 650. The molecule has 1 aromatic carbocycles. The van der Waals surface area contributed by atoms with Crippen LogP contribution in [0, 0.1) is 5.92 Å². The maximum absolute atomic E-state index is 6.34. The Morgan fingerprint density at radius 1 is 1.05 bits per heavy atom. The largest absolute Gasteiger partial charge is 0.396 e. The summed E-state index contributed by atoms with van der Waals surface area (Å²) < 4.78 is 0. The van der Waals surface area contributed by atoms with Gasteiger partial charge in [0, 0.05) is 18.0 Å². The molecule has 0 spiro atoms. The number of nitrogen functional groups attached to an aromatic ring is 1. The Morgan fingerprint density at radius 2 is 1.86 bits per heavy atom. The number of pyridine rings is 1. The van der Waals surface area contributed by atoms with Gasteiger partial charge in [-0.25, -0.2) is 0 Å². The molecule has 21 heavy (non-hydrogen) atoms. The van der Waals surface area contributed by atoms with E-state index in [1.807, 2.05) is 6.20 Å². The van der Waals surface area contributed by atoms with Crippen molar-refractivity contribution in [3.05, 3.63) is 30.5 Å². The van der Waals surface area contributed by atoms with Gasteiger partial charge in [-0.15, -0.1) is 0 Å². The molecule has 1 saturated carbocycles. The van der Waals surface area contributed by atoms with Gasteiger partial charge in [0.05, 0.1) is 23.1 Å². The molecular weight excluding hydrogens is 258 g/mol. The van der Waals surface area contributed by atoms with E-state index >= 15 is 0 Å². The molecule has 3 nitrogen and oxygen atoms in total. The fourth-order valence-electron chi connectivity index (χ4n) is 4.37. The van der Waals surface area contributed by atoms with Gasteiger partial charge in [0.25, 0.3) is 0 Å². The van der Waals surface area contributed by atoms with Crippen LogP contribution in [0.1, 0.15) is 38.5 Å². The predicted molar refractivity (Wildman–Crippen MR) is 88.5 cm³/mol. The second-order valence-corrected chi connectivity index (χ2v) is 6.53. The molecule has 2 N–H and O–H groups in total. The van der Waals surface area contributed by atoms with E-state index in [0.29, 0.717) is 6.04 Å². The normalized spacial score (nSPS) is 25.8. The number of aromatic nitrogens is 1. The average Bonchev–Trinajstić information content (AvgIpc) is 2.54. The van der Waals surface area contributed by atoms with Crippen LogP contribution in [0.2, 0.25) is 0 Å². The molecule has 110 valence electrons. The number of hydrogen-bond acceptors (Lipinski definition) is 3. The molecule has 0 amide bonds. The highest BCUT2D eigenvalue weighted by molar-refractivity contribution is 5.97. The van der Waals surface area contributed by atoms with Crippen LogP contribution >= 0.6 is 0 Å². The summed E-state index contributed by atoms with van der Waals surface area (Å²) in [6, 6.07) is 9.08. The van der Waals surface area contributed by atoms with Gasteiger partial charge < -0.3 is 10.6 Å². The summed E-state index contributed by atoms with van der Waals surface area (Å²) in [6.45, 7) is 1.14. The Hall–Kier alpha value is -1.77. The molecule has 1 aliphatic heterocycles. The zero-order valence-electron chi connectivity index (χ0n) is 12.5. The summed E-state index contributed by atoms with van der Waals surface area (Å²) in [7, 11) is 0. The first-order valence-corrected chi connectivity index (χ1v) is 8.24. The van der Waals surface area contributed by atoms with Crippen molar-refractivity contribution in [2.75, 3.05) is 17.2 Å². The zero-order valence-corrected chi connectivity index (χ0v) is 12.5. The topological polar surface area (TPSA) is 42.1 Å². The second kappa shape index (κ2) is 5.21. The molecule has 1 saturated heterocycles. The van der Waals surface area contributed by atoms with Crippen LogP contribution in [-0.2, 0) is 0 Å². The van der Waals surface area contributed by atoms with E-state index in [1.165, 1.54) is 49.6 Å². The molecule has 1 aromatic heterocycles. The zero-order chi connectivity index (χ0) is 14.2. The van der Waals surface area contributed by atoms with Crippen molar-refractivity contribution in [2.24, 2.45) is 5.92 Å². The van der Waals surface area contributed by atoms with Crippen LogP contribution in [-0.4, -0.2) is 17.6 Å². The van der Waals surface area contributed by atoms with Gasteiger partial charge >= 0.3 is 0 Å². The minimum absolute atomic E-state index is 0.681. The predicted octanol–water partition coefficient (Wildman–Crippen LogP) is 3.98. The fourth-order valence-corrected chi connectivity index (χ4v) is 4.37. The van der Waals surface area contributed by atoms with Crippen LogP contribution in [0.5, 0.6) is 0 Å². The molecule has 2 heterocycles. The SMILES string of the molecule is Nc1cnc2ccccc2c1N1CCCC2CCCCC21. The minimum atomic E-state index is 0.681. The molecule has 0 radical (unpaired) electrons. The van der Waals surface area contributed by atoms with E-state index in [9.17, 15) is 0 Å². The summed E-state index contributed by atoms with van der Waals surface area (Å²) in [4.78, 5) is 7.09. The lowest BCUT2D eigenvalue weighted by molar-refractivity contribution is 0.244. The summed E-state index contributed by atoms with van der Waals surface area (Å²) in [5.41, 5.74) is 9.46. The van der Waals surface area contributed by atoms with E-state index in [0.717, 1.165) is 23.7 Å². The number of nitrogens with two attached hydrogens (primary N) is 1. The lowest BCUT2D eigenvalue weighted by Gasteiger charge is -2.46. The third-order valence-corrected chi connectivity index (χ3v) is 5.31. The first-order valence-electron chi connectivity index (χ1n) is 8.24. The first kappa shape index (κ1) is 12.9. The number of piperidine rings is 1. The molecule has 1 aliphatic carbocycles. The molecule has 0 bridgehead atoms. The molecule has 2 aliphatic rings. The van der Waals surface area contributed by atoms with Crippen molar-refractivity contribution in [1.82, 2.24) is 4.98 Å². The number of para-hydroxylation sites is 1. The molecule has 3 heteroatoms. The monoisotopic (exact) mass is 281 g/mol. The Morgan fingerprint density at radius 3 is 2.81 bits per heavy atom. The third-order valence-electron chi connectivity index (χ3n) is 5.31. The molecule has 2 unspecified atom stereocenters. The third kappa shape index (κ3) is 2.15. The quantitative estimate of drug-likeness (QED) is 0.859. The van der Waals surface area contributed by atoms with Crippen LogP contribution in [0.25, 0.3) is 10.9 Å². The highest BCUT2D eigenvalue weighted by atomic mass is 15.2. The molecule has 4 rings (SSSR count). The van der Waals surface area contributed by atoms with E-state index < -0.39 is 0 Å². The van der Waals surface area contributed by atoms with Crippen molar-refractivity contribution >= 4 is 22.3 Å². The van der Waals surface area contributed by atoms with Crippen LogP contribution in [0.3, 0.4) is 0 Å². The van der Waals surface area contributed by atoms with Crippen LogP contribution in [0.4, 0.5) is 11.4 Å². The summed E-state index contributed by atoms with van der Waals surface area (Å²) in [5, 5.41) is 1.21. The number of hydrogen-bond donors (Lipinski definition) is 1. The number of nitrogens with zero attached hydrogens (tertiary/aromatic N) is 2. The van der Waals surface area contributed by atoms with E-state index in [1.54, 1.807) is 0 Å². The molecule has 2 atom stereocenters. The van der Waals surface area contributed by atoms with E-state index in [-0.39, 0.29) is 0 Å². The van der Waals surface area contributed by atoms with Gasteiger partial charge in [-0.2, -0.15) is 0 Å². The first-order chi connectivity index (χ1) is 10.3. The van der Waals surface area contributed by atoms with Crippen molar-refractivity contribution in [2.45, 2.75) is 44.6 Å². The van der Waals surface area contributed by atoms with Gasteiger partial charge in [-0.1, -0.05) is 31.0 Å². The maximum Gasteiger partial charge on any atom is 0.0745 e. The molecule has 2 aromatic rings. The Labute approximate surface area is 126 Å². The summed E-state index contributed by atoms with van der Waals surface area (Å²) in [5.74, 6) is 0.860. The molecular formula is C18H23N3. The van der Waals surface area contributed by atoms with Crippen molar-refractivity contribution in [3.8, 4) is 0 Å². The van der Waals surface area contributed by atoms with Crippen molar-refractivity contribution in [1.29, 1.82) is 0 Å². The maximum atomic E-state index is 6.34. The summed E-state index contributed by atoms with van der Waals surface area (Å²) >= 11 is 0. The fraction of sp³-hybridized carbons (Fsp3) is 0.500. The number of anilines is 2. The Kier molecular flexibility index (Phi) is 3.21. The molecule has 2 fully saturated rings. The van der Waals surface area contributed by atoms with E-state index in [2.05, 4.69) is 34.1 Å². The van der Waals surface area contributed by atoms with Crippen molar-refractivity contribution < 1.29 is 0 Å². The highest BCUT2D eigenvalue weighted by Crippen LogP contribution is 2.41.